The molecule has 0 spiro atoms. The van der Waals surface area contributed by atoms with Crippen LogP contribution in [-0.2, 0) is 26.0 Å². The molecule has 2 aromatic heterocycles. The predicted octanol–water partition coefficient (Wildman–Crippen LogP) is 3.63. The minimum absolute atomic E-state index is 0.0331. The third-order valence-corrected chi connectivity index (χ3v) is 7.36. The van der Waals surface area contributed by atoms with Gasteiger partial charge in [0.15, 0.2) is 0 Å². The van der Waals surface area contributed by atoms with Crippen molar-refractivity contribution in [3.63, 3.8) is 0 Å². The second-order valence-corrected chi connectivity index (χ2v) is 10.2. The first kappa shape index (κ1) is 25.3. The number of unbranched alkanes of at least 4 members (excludes halogenated alkanes) is 1. The van der Waals surface area contributed by atoms with E-state index in [1.54, 1.807) is 24.5 Å². The summed E-state index contributed by atoms with van der Waals surface area (Å²) >= 11 is 0. The van der Waals surface area contributed by atoms with Crippen LogP contribution in [-0.4, -0.2) is 43.0 Å². The molecule has 36 heavy (non-hydrogen) atoms. The highest BCUT2D eigenvalue weighted by Crippen LogP contribution is 2.30. The Balaban J connectivity index is 1.29. The molecule has 0 saturated carbocycles. The first-order chi connectivity index (χ1) is 17.3. The molecule has 3 N–H and O–H groups in total. The number of carboxylic acids is 1. The van der Waals surface area contributed by atoms with Gasteiger partial charge in [-0.3, -0.25) is 14.6 Å². The van der Waals surface area contributed by atoms with Crippen molar-refractivity contribution in [3.05, 3.63) is 72.6 Å². The molecule has 1 unspecified atom stereocenters. The minimum atomic E-state index is -4.08. The highest BCUT2D eigenvalue weighted by molar-refractivity contribution is 7.89. The molecule has 4 aromatic rings. The summed E-state index contributed by atoms with van der Waals surface area (Å²) in [5.74, 6) is -1.35. The van der Waals surface area contributed by atoms with E-state index in [4.69, 9.17) is 4.42 Å². The number of fused-ring (bicyclic) bond motifs is 3. The number of nitrogens with one attached hydrogen (secondary N) is 2. The van der Waals surface area contributed by atoms with Crippen LogP contribution in [0.5, 0.6) is 0 Å². The van der Waals surface area contributed by atoms with E-state index in [1.165, 1.54) is 12.1 Å². The van der Waals surface area contributed by atoms with E-state index in [1.807, 2.05) is 30.3 Å². The van der Waals surface area contributed by atoms with E-state index in [9.17, 15) is 23.1 Å². The lowest BCUT2D eigenvalue weighted by Gasteiger charge is -2.15. The number of benzene rings is 2. The van der Waals surface area contributed by atoms with Crippen molar-refractivity contribution in [2.24, 2.45) is 0 Å². The maximum absolute atomic E-state index is 12.9. The van der Waals surface area contributed by atoms with E-state index >= 15 is 0 Å². The number of aryl methyl sites for hydroxylation is 1. The average Bonchev–Trinajstić information content (AvgIpc) is 3.25. The summed E-state index contributed by atoms with van der Waals surface area (Å²) in [6.07, 6.45) is 5.36. The molecule has 0 radical (unpaired) electrons. The van der Waals surface area contributed by atoms with Gasteiger partial charge in [0.2, 0.25) is 15.9 Å². The van der Waals surface area contributed by atoms with Gasteiger partial charge in [-0.05, 0) is 67.6 Å². The van der Waals surface area contributed by atoms with Gasteiger partial charge < -0.3 is 14.8 Å². The van der Waals surface area contributed by atoms with Crippen LogP contribution < -0.4 is 10.0 Å². The number of carbonyl (C=O) groups excluding carboxylic acids is 1. The number of carboxylic acid groups (broad SMARTS) is 1. The fourth-order valence-corrected chi connectivity index (χ4v) is 5.21. The fourth-order valence-electron chi connectivity index (χ4n) is 3.96. The Morgan fingerprint density at radius 2 is 1.72 bits per heavy atom. The van der Waals surface area contributed by atoms with Gasteiger partial charge in [0.25, 0.3) is 0 Å². The number of rotatable bonds is 12. The van der Waals surface area contributed by atoms with Gasteiger partial charge in [-0.1, -0.05) is 18.2 Å². The molecule has 0 bridgehead atoms. The largest absolute Gasteiger partial charge is 0.480 e. The van der Waals surface area contributed by atoms with Crippen molar-refractivity contribution in [2.75, 3.05) is 6.54 Å². The molecule has 0 fully saturated rings. The van der Waals surface area contributed by atoms with Gasteiger partial charge in [-0.15, -0.1) is 0 Å². The van der Waals surface area contributed by atoms with E-state index in [-0.39, 0.29) is 17.2 Å². The van der Waals surface area contributed by atoms with Crippen molar-refractivity contribution >= 4 is 43.8 Å². The molecule has 2 aromatic carbocycles. The number of aromatic nitrogens is 1. The van der Waals surface area contributed by atoms with Crippen LogP contribution in [0.25, 0.3) is 21.9 Å². The Morgan fingerprint density at radius 3 is 2.50 bits per heavy atom. The van der Waals surface area contributed by atoms with E-state index in [0.717, 1.165) is 10.9 Å². The molecule has 2 heterocycles. The van der Waals surface area contributed by atoms with Gasteiger partial charge in [0.05, 0.1) is 4.90 Å². The minimum Gasteiger partial charge on any atom is -0.480 e. The average molecular weight is 510 g/mol. The zero-order chi connectivity index (χ0) is 25.5. The lowest BCUT2D eigenvalue weighted by molar-refractivity contribution is -0.139. The molecule has 0 aliphatic heterocycles. The number of sulfonamides is 1. The second kappa shape index (κ2) is 11.3. The summed E-state index contributed by atoms with van der Waals surface area (Å²) in [5.41, 5.74) is 2.22. The molecule has 0 aliphatic rings. The fraction of sp³-hybridized carbons (Fsp3) is 0.269. The van der Waals surface area contributed by atoms with Gasteiger partial charge in [0.1, 0.15) is 17.2 Å². The standard InChI is InChI=1S/C26H27N3O6S/c30-25(11-8-18-12-15-27-16-13-18)28-14-4-3-6-22(26(31)32)29-36(33,34)19-9-10-24-21(17-19)20-5-1-2-7-23(20)35-24/h1-2,5,7,9-10,12-13,15-17,22,29H,3-4,6,8,11,14H2,(H,28,30)(H,31,32). The van der Waals surface area contributed by atoms with Crippen molar-refractivity contribution in [3.8, 4) is 0 Å². The Hall–Kier alpha value is -3.76. The quantitative estimate of drug-likeness (QED) is 0.248. The number of amides is 1. The van der Waals surface area contributed by atoms with E-state index in [0.29, 0.717) is 48.8 Å². The second-order valence-electron chi connectivity index (χ2n) is 8.47. The number of furan rings is 1. The smallest absolute Gasteiger partial charge is 0.321 e. The molecule has 1 atom stereocenters. The van der Waals surface area contributed by atoms with E-state index in [2.05, 4.69) is 15.0 Å². The normalized spacial score (nSPS) is 12.6. The summed E-state index contributed by atoms with van der Waals surface area (Å²) in [6.45, 7) is 0.387. The molecule has 0 saturated heterocycles. The summed E-state index contributed by atoms with van der Waals surface area (Å²) in [6, 6.07) is 14.2. The monoisotopic (exact) mass is 509 g/mol. The lowest BCUT2D eigenvalue weighted by Crippen LogP contribution is -2.40. The van der Waals surface area contributed by atoms with Gasteiger partial charge in [0, 0.05) is 36.1 Å². The molecular formula is C26H27N3O6S. The number of aliphatic carboxylic acids is 1. The SMILES string of the molecule is O=C(CCc1ccncc1)NCCCCC(NS(=O)(=O)c1ccc2oc3ccccc3c2c1)C(=O)O. The zero-order valence-corrected chi connectivity index (χ0v) is 20.3. The van der Waals surface area contributed by atoms with Crippen LogP contribution in [0.1, 0.15) is 31.2 Å². The first-order valence-electron chi connectivity index (χ1n) is 11.7. The predicted molar refractivity (Wildman–Crippen MR) is 135 cm³/mol. The third kappa shape index (κ3) is 6.27. The Kier molecular flexibility index (Phi) is 7.97. The maximum atomic E-state index is 12.9. The number of pyridine rings is 1. The van der Waals surface area contributed by atoms with Crippen LogP contribution in [0.2, 0.25) is 0 Å². The van der Waals surface area contributed by atoms with Crippen molar-refractivity contribution < 1.29 is 27.5 Å². The maximum Gasteiger partial charge on any atom is 0.321 e. The molecular weight excluding hydrogens is 482 g/mol. The van der Waals surface area contributed by atoms with Crippen LogP contribution in [0, 0.1) is 0 Å². The highest BCUT2D eigenvalue weighted by atomic mass is 32.2. The Labute approximate surface area is 208 Å². The number of carbonyl (C=O) groups is 2. The number of para-hydroxylation sites is 1. The van der Waals surface area contributed by atoms with Crippen molar-refractivity contribution in [1.29, 1.82) is 0 Å². The molecule has 9 nitrogen and oxygen atoms in total. The summed E-state index contributed by atoms with van der Waals surface area (Å²) in [7, 11) is -4.08. The van der Waals surface area contributed by atoms with Crippen molar-refractivity contribution in [2.45, 2.75) is 43.0 Å². The topological polar surface area (TPSA) is 139 Å². The molecule has 1 amide bonds. The van der Waals surface area contributed by atoms with Crippen LogP contribution >= 0.6 is 0 Å². The summed E-state index contributed by atoms with van der Waals surface area (Å²) in [4.78, 5) is 27.6. The first-order valence-corrected chi connectivity index (χ1v) is 13.1. The summed E-state index contributed by atoms with van der Waals surface area (Å²) in [5, 5.41) is 13.8. The van der Waals surface area contributed by atoms with Gasteiger partial charge in [-0.25, -0.2) is 8.42 Å². The van der Waals surface area contributed by atoms with Gasteiger partial charge >= 0.3 is 5.97 Å². The van der Waals surface area contributed by atoms with Gasteiger partial charge in [-0.2, -0.15) is 4.72 Å². The molecule has 188 valence electrons. The number of nitrogens with zero attached hydrogens (tertiary/aromatic N) is 1. The van der Waals surface area contributed by atoms with Crippen LogP contribution in [0.4, 0.5) is 0 Å². The van der Waals surface area contributed by atoms with Crippen molar-refractivity contribution in [1.82, 2.24) is 15.0 Å². The Bertz CT molecular complexity index is 1470. The molecule has 0 aliphatic carbocycles. The number of hydrogen-bond donors (Lipinski definition) is 3. The zero-order valence-electron chi connectivity index (χ0n) is 19.5. The Morgan fingerprint density at radius 1 is 0.972 bits per heavy atom. The lowest BCUT2D eigenvalue weighted by atomic mass is 10.1. The van der Waals surface area contributed by atoms with Crippen LogP contribution in [0.15, 0.2) is 76.3 Å². The number of hydrogen-bond acceptors (Lipinski definition) is 6. The molecule has 10 heteroatoms. The summed E-state index contributed by atoms with van der Waals surface area (Å²) < 4.78 is 33.9. The third-order valence-electron chi connectivity index (χ3n) is 5.89. The molecule has 4 rings (SSSR count). The van der Waals surface area contributed by atoms with Crippen LogP contribution in [0.3, 0.4) is 0 Å². The van der Waals surface area contributed by atoms with E-state index < -0.39 is 22.0 Å². The highest BCUT2D eigenvalue weighted by Gasteiger charge is 2.25.